The minimum atomic E-state index is 0. The zero-order chi connectivity index (χ0) is 0. The summed E-state index contributed by atoms with van der Waals surface area (Å²) in [6, 6.07) is 0. The van der Waals surface area contributed by atoms with Gasteiger partial charge < -0.3 is 16.4 Å². The summed E-state index contributed by atoms with van der Waals surface area (Å²) in [6.45, 7) is 0. The molecular weight excluding hydrogens is 325 g/mol. The summed E-state index contributed by atoms with van der Waals surface area (Å²) in [5, 5.41) is 0. The number of hydrogen-bond donors (Lipinski definition) is 0. The van der Waals surface area contributed by atoms with Crippen LogP contribution in [0.15, 0.2) is 0 Å². The van der Waals surface area contributed by atoms with Crippen LogP contribution in [-0.2, 0) is 11.0 Å². The van der Waals surface area contributed by atoms with Crippen LogP contribution >= 0.6 is 0 Å². The molecule has 0 aromatic carbocycles. The van der Waals surface area contributed by atoms with Gasteiger partial charge in [0.15, 0.2) is 0 Å². The van der Waals surface area contributed by atoms with Crippen molar-refractivity contribution in [2.75, 3.05) is 0 Å². The second-order valence-corrected chi connectivity index (χ2v) is 0. The first-order valence-corrected chi connectivity index (χ1v) is 0. The van der Waals surface area contributed by atoms with E-state index in [1.807, 2.05) is 0 Å². The van der Waals surface area contributed by atoms with E-state index < -0.39 is 0 Å². The van der Waals surface area contributed by atoms with E-state index in [1.165, 1.54) is 0 Å². The molecule has 5 heteroatoms. The van der Waals surface area contributed by atoms with Gasteiger partial charge in [-0.2, -0.15) is 0 Å². The van der Waals surface area contributed by atoms with Gasteiger partial charge in [-0.05, 0) is 0 Å². The van der Waals surface area contributed by atoms with Crippen LogP contribution in [0.4, 0.5) is 0 Å². The molecule has 0 atom stereocenters. The molecule has 25 valence electrons. The molecule has 0 saturated carbocycles. The van der Waals surface area contributed by atoms with Crippen LogP contribution in [0.5, 0.6) is 0 Å². The SMILES string of the molecule is [Ba+2].[Ce+3].[O-2].[O-2].[OH-]. The Bertz CT molecular complexity index is 6.85. The molecule has 0 heterocycles. The molecule has 0 spiro atoms. The van der Waals surface area contributed by atoms with E-state index in [0.29, 0.717) is 0 Å². The van der Waals surface area contributed by atoms with Gasteiger partial charge in [-0.1, -0.05) is 0 Å². The second-order valence-electron chi connectivity index (χ2n) is 0. The Morgan fingerprint density at radius 2 is 0.800 bits per heavy atom. The average Bonchev–Trinajstić information content (AvgIpc) is 0. The number of hydrogen-bond acceptors (Lipinski definition) is 1. The van der Waals surface area contributed by atoms with Gasteiger partial charge >= 0.3 is 90.6 Å². The third-order valence-corrected chi connectivity index (χ3v) is 0. The topological polar surface area (TPSA) is 87.0 Å². The summed E-state index contributed by atoms with van der Waals surface area (Å²) < 4.78 is 0. The Morgan fingerprint density at radius 1 is 0.800 bits per heavy atom. The van der Waals surface area contributed by atoms with Gasteiger partial charge in [-0.3, -0.25) is 0 Å². The van der Waals surface area contributed by atoms with Crippen molar-refractivity contribution in [1.82, 2.24) is 0 Å². The van der Waals surface area contributed by atoms with E-state index >= 15 is 0 Å². The van der Waals surface area contributed by atoms with Crippen molar-refractivity contribution in [2.24, 2.45) is 0 Å². The first kappa shape index (κ1) is 45.6. The first-order chi connectivity index (χ1) is 0. The van der Waals surface area contributed by atoms with E-state index in [-0.39, 0.29) is 107 Å². The molecule has 0 unspecified atom stereocenters. The summed E-state index contributed by atoms with van der Waals surface area (Å²) in [6.07, 6.45) is 0. The standard InChI is InChI=1S/Ba.Ce.H2O.2O/h;;1H2;;/q+2;+3;;2*-2/p-1. The largest absolute Gasteiger partial charge is 3.00 e. The molecule has 0 fully saturated rings. The van der Waals surface area contributed by atoms with Crippen LogP contribution in [-0.4, -0.2) is 54.4 Å². The van der Waals surface area contributed by atoms with Crippen LogP contribution in [0.2, 0.25) is 0 Å². The van der Waals surface area contributed by atoms with Gasteiger partial charge in [0, 0.05) is 0 Å². The summed E-state index contributed by atoms with van der Waals surface area (Å²) in [7, 11) is 0. The Kier molecular flexibility index (Phi) is 265. The predicted octanol–water partition coefficient (Wildman–Crippen LogP) is -0.795. The third-order valence-electron chi connectivity index (χ3n) is 0. The van der Waals surface area contributed by atoms with E-state index in [0.717, 1.165) is 0 Å². The van der Waals surface area contributed by atoms with Crippen molar-refractivity contribution in [1.29, 1.82) is 0 Å². The molecule has 0 aliphatic rings. The average molecular weight is 326 g/mol. The van der Waals surface area contributed by atoms with Crippen molar-refractivity contribution < 1.29 is 58.2 Å². The Labute approximate surface area is 104 Å². The maximum atomic E-state index is 0. The molecule has 5 heavy (non-hydrogen) atoms. The normalized spacial score (nSPS) is 0. The van der Waals surface area contributed by atoms with Gasteiger partial charge in [-0.15, -0.1) is 0 Å². The van der Waals surface area contributed by atoms with Crippen LogP contribution in [0, 0.1) is 41.7 Å². The minimum Gasteiger partial charge on any atom is -2.00 e. The summed E-state index contributed by atoms with van der Waals surface area (Å²) in [5.41, 5.74) is 0. The van der Waals surface area contributed by atoms with E-state index in [1.54, 1.807) is 0 Å². The van der Waals surface area contributed by atoms with Crippen molar-refractivity contribution in [2.45, 2.75) is 0 Å². The molecule has 1 radical (unpaired) electrons. The molecule has 0 aromatic heterocycles. The smallest absolute Gasteiger partial charge is 2.00 e. The van der Waals surface area contributed by atoms with Crippen LogP contribution in [0.1, 0.15) is 0 Å². The number of rotatable bonds is 0. The van der Waals surface area contributed by atoms with Gasteiger partial charge in [0.2, 0.25) is 0 Å². The zero-order valence-corrected chi connectivity index (χ0v) is 10.1. The molecule has 0 amide bonds. The summed E-state index contributed by atoms with van der Waals surface area (Å²) >= 11 is 0. The molecule has 0 aromatic rings. The van der Waals surface area contributed by atoms with Crippen molar-refractivity contribution in [3.63, 3.8) is 0 Å². The second kappa shape index (κ2) is 29.0. The summed E-state index contributed by atoms with van der Waals surface area (Å²) in [4.78, 5) is 0. The van der Waals surface area contributed by atoms with Crippen molar-refractivity contribution >= 4 is 48.9 Å². The van der Waals surface area contributed by atoms with E-state index in [2.05, 4.69) is 0 Å². The third kappa shape index (κ3) is 19.9. The maximum absolute atomic E-state index is 0. The molecule has 0 rings (SSSR count). The monoisotopic (exact) mass is 327 g/mol. The minimum absolute atomic E-state index is 0. The molecule has 0 aliphatic heterocycles. The van der Waals surface area contributed by atoms with Crippen LogP contribution in [0.3, 0.4) is 0 Å². The van der Waals surface area contributed by atoms with Crippen LogP contribution in [0.25, 0.3) is 0 Å². The van der Waals surface area contributed by atoms with E-state index in [9.17, 15) is 0 Å². The molecular formula is HBaCeO3. The van der Waals surface area contributed by atoms with Gasteiger partial charge in [0.05, 0.1) is 0 Å². The van der Waals surface area contributed by atoms with E-state index in [4.69, 9.17) is 0 Å². The molecule has 1 N–H and O–H groups in total. The molecule has 0 bridgehead atoms. The fraction of sp³-hybridized carbons (Fsp3) is 0. The Hall–Kier alpha value is 2.83. The summed E-state index contributed by atoms with van der Waals surface area (Å²) in [5.74, 6) is 0. The quantitative estimate of drug-likeness (QED) is 0.536. The predicted molar refractivity (Wildman–Crippen MR) is 9.06 cm³/mol. The fourth-order valence-corrected chi connectivity index (χ4v) is 0. The fourth-order valence-electron chi connectivity index (χ4n) is 0. The molecule has 0 aliphatic carbocycles. The van der Waals surface area contributed by atoms with Gasteiger partial charge in [-0.25, -0.2) is 0 Å². The van der Waals surface area contributed by atoms with Crippen molar-refractivity contribution in [3.05, 3.63) is 0 Å². The van der Waals surface area contributed by atoms with Crippen molar-refractivity contribution in [3.8, 4) is 0 Å². The first-order valence-electron chi connectivity index (χ1n) is 0. The molecule has 3 nitrogen and oxygen atoms in total. The van der Waals surface area contributed by atoms with Gasteiger partial charge in [0.1, 0.15) is 0 Å². The van der Waals surface area contributed by atoms with Gasteiger partial charge in [0.25, 0.3) is 0 Å². The molecule has 0 saturated heterocycles. The Morgan fingerprint density at radius 3 is 0.800 bits per heavy atom. The maximum Gasteiger partial charge on any atom is 3.00 e. The van der Waals surface area contributed by atoms with Crippen LogP contribution < -0.4 is 0 Å². The Balaban J connectivity index is 0. The zero-order valence-electron chi connectivity index (χ0n) is 2.47.